The number of unbranched alkanes of at least 4 members (excludes halogenated alkanes) is 6. The van der Waals surface area contributed by atoms with Crippen molar-refractivity contribution in [2.75, 3.05) is 46.2 Å². The van der Waals surface area contributed by atoms with Crippen molar-refractivity contribution in [3.05, 3.63) is 48.5 Å². The van der Waals surface area contributed by atoms with Gasteiger partial charge in [0.05, 0.1) is 31.8 Å². The van der Waals surface area contributed by atoms with Crippen LogP contribution in [0.4, 0.5) is 0 Å². The van der Waals surface area contributed by atoms with E-state index in [1.54, 1.807) is 0 Å². The van der Waals surface area contributed by atoms with Crippen molar-refractivity contribution in [1.29, 1.82) is 0 Å². The molecule has 2 aromatic rings. The Morgan fingerprint density at radius 3 is 1.55 bits per heavy atom. The lowest BCUT2D eigenvalue weighted by atomic mass is 9.84. The molecular weight excluding hydrogens is 520 g/mol. The second-order valence-electron chi connectivity index (χ2n) is 10.7. The Morgan fingerprint density at radius 2 is 1.10 bits per heavy atom. The summed E-state index contributed by atoms with van der Waals surface area (Å²) in [5.74, 6) is 1.85. The average Bonchev–Trinajstić information content (AvgIpc) is 2.95. The highest BCUT2D eigenvalue weighted by Crippen LogP contribution is 2.32. The van der Waals surface area contributed by atoms with Crippen LogP contribution in [0.5, 0.6) is 11.5 Å². The van der Waals surface area contributed by atoms with Crippen molar-refractivity contribution in [3.63, 3.8) is 0 Å². The Morgan fingerprint density at radius 1 is 0.625 bits per heavy atom. The smallest absolute Gasteiger partial charge is 0.494 e. The van der Waals surface area contributed by atoms with E-state index in [9.17, 15) is 0 Å². The van der Waals surface area contributed by atoms with Crippen LogP contribution < -0.4 is 9.47 Å². The van der Waals surface area contributed by atoms with Gasteiger partial charge in [0.25, 0.3) is 0 Å². The first-order valence-corrected chi connectivity index (χ1v) is 17.5. The zero-order valence-corrected chi connectivity index (χ0v) is 26.4. The molecule has 0 aromatic heterocycles. The molecule has 0 aliphatic carbocycles. The van der Waals surface area contributed by atoms with Crippen LogP contribution in [0, 0.1) is 5.41 Å². The van der Waals surface area contributed by atoms with Crippen molar-refractivity contribution in [2.24, 2.45) is 5.41 Å². The highest BCUT2D eigenvalue weighted by atomic mass is 28.4. The van der Waals surface area contributed by atoms with Crippen molar-refractivity contribution >= 4 is 8.80 Å². The van der Waals surface area contributed by atoms with Gasteiger partial charge in [-0.05, 0) is 75.4 Å². The summed E-state index contributed by atoms with van der Waals surface area (Å²) in [6.45, 7) is 13.3. The molecule has 3 rings (SSSR count). The maximum absolute atomic E-state index is 6.03. The van der Waals surface area contributed by atoms with Crippen molar-refractivity contribution in [3.8, 4) is 22.6 Å². The number of benzene rings is 2. The largest absolute Gasteiger partial charge is 0.500 e. The molecule has 1 aliphatic heterocycles. The van der Waals surface area contributed by atoms with Gasteiger partial charge in [-0.15, -0.1) is 0 Å². The summed E-state index contributed by atoms with van der Waals surface area (Å²) < 4.78 is 35.3. The third-order valence-corrected chi connectivity index (χ3v) is 10.8. The van der Waals surface area contributed by atoms with Crippen LogP contribution in [0.1, 0.15) is 79.1 Å². The molecule has 0 saturated carbocycles. The van der Waals surface area contributed by atoms with E-state index in [2.05, 4.69) is 55.5 Å². The Balaban J connectivity index is 1.26. The molecule has 0 amide bonds. The second kappa shape index (κ2) is 17.8. The molecule has 1 aliphatic rings. The molecule has 1 fully saturated rings. The van der Waals surface area contributed by atoms with Gasteiger partial charge in [0, 0.05) is 25.9 Å². The highest BCUT2D eigenvalue weighted by molar-refractivity contribution is 6.60. The van der Waals surface area contributed by atoms with E-state index >= 15 is 0 Å². The lowest BCUT2D eigenvalue weighted by molar-refractivity contribution is -0.133. The normalized spacial score (nSPS) is 14.6. The lowest BCUT2D eigenvalue weighted by Crippen LogP contribution is -2.46. The quantitative estimate of drug-likeness (QED) is 0.104. The molecular formula is C33H52O6Si. The Bertz CT molecular complexity index is 906. The maximum atomic E-state index is 6.03. The summed E-state index contributed by atoms with van der Waals surface area (Å²) in [6.07, 6.45) is 9.45. The standard InChI is InChI=1S/C33H52O6Si/c1-5-33(26-34-27-33)28-36-32-22-18-30(19-23-32)29-16-20-31(21-17-29)35-24-14-12-10-9-11-13-15-25-40(37-6-2,38-7-3)39-8-4/h16-23H,5-15,24-28H2,1-4H3. The molecule has 7 heteroatoms. The number of ether oxygens (including phenoxy) is 3. The Hall–Kier alpha value is -1.90. The third kappa shape index (κ3) is 10.5. The summed E-state index contributed by atoms with van der Waals surface area (Å²) in [4.78, 5) is 0. The van der Waals surface area contributed by atoms with E-state index in [0.29, 0.717) is 19.8 Å². The van der Waals surface area contributed by atoms with Gasteiger partial charge in [-0.2, -0.15) is 0 Å². The predicted molar refractivity (Wildman–Crippen MR) is 164 cm³/mol. The van der Waals surface area contributed by atoms with Gasteiger partial charge in [0.15, 0.2) is 0 Å². The van der Waals surface area contributed by atoms with E-state index in [-0.39, 0.29) is 5.41 Å². The topological polar surface area (TPSA) is 55.4 Å². The van der Waals surface area contributed by atoms with Crippen molar-refractivity contribution < 1.29 is 27.5 Å². The van der Waals surface area contributed by atoms with Crippen molar-refractivity contribution in [2.45, 2.75) is 85.1 Å². The summed E-state index contributed by atoms with van der Waals surface area (Å²) in [6, 6.07) is 17.7. The zero-order valence-electron chi connectivity index (χ0n) is 25.4. The van der Waals surface area contributed by atoms with E-state index in [1.807, 2.05) is 20.8 Å². The van der Waals surface area contributed by atoms with Crippen LogP contribution in [0.3, 0.4) is 0 Å². The molecule has 1 saturated heterocycles. The minimum atomic E-state index is -2.47. The number of hydrogen-bond donors (Lipinski definition) is 0. The van der Waals surface area contributed by atoms with E-state index < -0.39 is 8.80 Å². The number of rotatable bonds is 22. The van der Waals surface area contributed by atoms with Gasteiger partial charge in [-0.25, -0.2) is 0 Å². The first-order chi connectivity index (χ1) is 19.6. The monoisotopic (exact) mass is 572 g/mol. The summed E-state index contributed by atoms with van der Waals surface area (Å²) in [7, 11) is -2.47. The molecule has 224 valence electrons. The molecule has 1 heterocycles. The van der Waals surface area contributed by atoms with Crippen LogP contribution >= 0.6 is 0 Å². The van der Waals surface area contributed by atoms with Crippen LogP contribution in [0.2, 0.25) is 6.04 Å². The van der Waals surface area contributed by atoms with Crippen LogP contribution in [-0.4, -0.2) is 55.1 Å². The fourth-order valence-corrected chi connectivity index (χ4v) is 7.71. The lowest BCUT2D eigenvalue weighted by Gasteiger charge is -2.40. The van der Waals surface area contributed by atoms with E-state index in [0.717, 1.165) is 63.2 Å². The van der Waals surface area contributed by atoms with Crippen LogP contribution in [0.25, 0.3) is 11.1 Å². The van der Waals surface area contributed by atoms with E-state index in [1.165, 1.54) is 43.2 Å². The van der Waals surface area contributed by atoms with Crippen LogP contribution in [0.15, 0.2) is 48.5 Å². The molecule has 2 aromatic carbocycles. The second-order valence-corrected chi connectivity index (χ2v) is 13.5. The zero-order chi connectivity index (χ0) is 28.5. The summed E-state index contributed by atoms with van der Waals surface area (Å²) in [5, 5.41) is 0. The molecule has 0 spiro atoms. The fraction of sp³-hybridized carbons (Fsp3) is 0.636. The first-order valence-electron chi connectivity index (χ1n) is 15.5. The van der Waals surface area contributed by atoms with Gasteiger partial charge < -0.3 is 27.5 Å². The molecule has 6 nitrogen and oxygen atoms in total. The molecule has 0 atom stereocenters. The maximum Gasteiger partial charge on any atom is 0.500 e. The van der Waals surface area contributed by atoms with E-state index in [4.69, 9.17) is 27.5 Å². The first kappa shape index (κ1) is 32.6. The minimum absolute atomic E-state index is 0.196. The predicted octanol–water partition coefficient (Wildman–Crippen LogP) is 8.32. The Labute approximate surface area is 244 Å². The van der Waals surface area contributed by atoms with Crippen molar-refractivity contribution in [1.82, 2.24) is 0 Å². The molecule has 40 heavy (non-hydrogen) atoms. The molecule has 0 N–H and O–H groups in total. The average molecular weight is 573 g/mol. The SMILES string of the molecule is CCO[Si](CCCCCCCCCOc1ccc(-c2ccc(OCC3(CC)COC3)cc2)cc1)(OCC)OCC. The van der Waals surface area contributed by atoms with Crippen LogP contribution in [-0.2, 0) is 18.0 Å². The molecule has 0 radical (unpaired) electrons. The fourth-order valence-electron chi connectivity index (χ4n) is 5.02. The molecule has 0 bridgehead atoms. The van der Waals surface area contributed by atoms with Gasteiger partial charge in [-0.1, -0.05) is 63.3 Å². The molecule has 0 unspecified atom stereocenters. The summed E-state index contributed by atoms with van der Waals surface area (Å²) >= 11 is 0. The number of hydrogen-bond acceptors (Lipinski definition) is 6. The minimum Gasteiger partial charge on any atom is -0.494 e. The van der Waals surface area contributed by atoms with Gasteiger partial charge >= 0.3 is 8.80 Å². The third-order valence-electron chi connectivity index (χ3n) is 7.64. The van der Waals surface area contributed by atoms with Gasteiger partial charge in [0.1, 0.15) is 11.5 Å². The van der Waals surface area contributed by atoms with Gasteiger partial charge in [-0.3, -0.25) is 0 Å². The van der Waals surface area contributed by atoms with Gasteiger partial charge in [0.2, 0.25) is 0 Å². The summed E-state index contributed by atoms with van der Waals surface area (Å²) in [5.41, 5.74) is 2.56. The Kier molecular flexibility index (Phi) is 14.5. The highest BCUT2D eigenvalue weighted by Gasteiger charge is 2.39.